The number of carbonyl (C=O) groups excluding carboxylic acids is 1. The van der Waals surface area contributed by atoms with Gasteiger partial charge in [0.15, 0.2) is 0 Å². The Morgan fingerprint density at radius 1 is 1.10 bits per heavy atom. The number of amides is 1. The molecule has 0 saturated heterocycles. The van der Waals surface area contributed by atoms with Crippen LogP contribution in [0.5, 0.6) is 11.5 Å². The molecule has 0 atom stereocenters. The van der Waals surface area contributed by atoms with Crippen molar-refractivity contribution in [3.8, 4) is 22.6 Å². The van der Waals surface area contributed by atoms with Gasteiger partial charge in [-0.15, -0.1) is 11.3 Å². The van der Waals surface area contributed by atoms with Gasteiger partial charge in [-0.3, -0.25) is 4.79 Å². The summed E-state index contributed by atoms with van der Waals surface area (Å²) in [7, 11) is 3.29. The molecule has 39 heavy (non-hydrogen) atoms. The SMILES string of the molecule is CCOc1ccc(-c2cnc(NC)nc2)cc1CN(C(=O)c1sc2ccccc2c1O)C1CCCCC1.CN. The van der Waals surface area contributed by atoms with Crippen LogP contribution in [-0.4, -0.2) is 52.6 Å². The van der Waals surface area contributed by atoms with Crippen LogP contribution in [0.1, 0.15) is 54.3 Å². The van der Waals surface area contributed by atoms with E-state index in [4.69, 9.17) is 4.74 Å². The first-order valence-corrected chi connectivity index (χ1v) is 14.3. The highest BCUT2D eigenvalue weighted by Crippen LogP contribution is 2.39. The Morgan fingerprint density at radius 2 is 1.82 bits per heavy atom. The van der Waals surface area contributed by atoms with Crippen molar-refractivity contribution in [2.24, 2.45) is 5.73 Å². The standard InChI is InChI=1S/C29H32N4O3S.CH5N/c1-3-36-24-14-13-19(21-16-31-29(30-2)32-17-21)15-20(24)18-33(22-9-5-4-6-10-22)28(35)27-26(34)23-11-7-8-12-25(23)37-27;1-2/h7-8,11-17,22,34H,3-6,9-10,18H2,1-2H3,(H,30,31,32);2H2,1H3. The van der Waals surface area contributed by atoms with Crippen molar-refractivity contribution in [3.05, 3.63) is 65.3 Å². The molecule has 5 rings (SSSR count). The number of benzene rings is 2. The molecule has 0 aliphatic heterocycles. The lowest BCUT2D eigenvalue weighted by Crippen LogP contribution is -2.40. The largest absolute Gasteiger partial charge is 0.506 e. The topological polar surface area (TPSA) is 114 Å². The molecule has 1 aliphatic rings. The Labute approximate surface area is 233 Å². The number of thiophene rings is 1. The van der Waals surface area contributed by atoms with Gasteiger partial charge in [-0.05, 0) is 56.6 Å². The van der Waals surface area contributed by atoms with Gasteiger partial charge >= 0.3 is 0 Å². The van der Waals surface area contributed by atoms with Crippen LogP contribution in [0.2, 0.25) is 0 Å². The lowest BCUT2D eigenvalue weighted by molar-refractivity contribution is 0.0615. The maximum atomic E-state index is 14.0. The van der Waals surface area contributed by atoms with E-state index in [0.717, 1.165) is 58.2 Å². The van der Waals surface area contributed by atoms with E-state index >= 15 is 0 Å². The predicted octanol–water partition coefficient (Wildman–Crippen LogP) is 6.05. The van der Waals surface area contributed by atoms with Crippen LogP contribution < -0.4 is 15.8 Å². The summed E-state index contributed by atoms with van der Waals surface area (Å²) in [5.74, 6) is 1.27. The molecule has 8 nitrogen and oxygen atoms in total. The fourth-order valence-corrected chi connectivity index (χ4v) is 6.09. The van der Waals surface area contributed by atoms with Gasteiger partial charge in [0, 0.05) is 53.2 Å². The number of hydrogen-bond acceptors (Lipinski definition) is 8. The first-order valence-electron chi connectivity index (χ1n) is 13.4. The summed E-state index contributed by atoms with van der Waals surface area (Å²) in [5, 5.41) is 14.6. The fourth-order valence-electron chi connectivity index (χ4n) is 5.04. The molecular weight excluding hydrogens is 510 g/mol. The summed E-state index contributed by atoms with van der Waals surface area (Å²) in [6, 6.07) is 13.8. The van der Waals surface area contributed by atoms with Gasteiger partial charge in [-0.25, -0.2) is 9.97 Å². The monoisotopic (exact) mass is 547 g/mol. The number of ether oxygens (including phenoxy) is 1. The Morgan fingerprint density at radius 3 is 2.49 bits per heavy atom. The van der Waals surface area contributed by atoms with Gasteiger partial charge in [-0.2, -0.15) is 0 Å². The molecule has 2 heterocycles. The van der Waals surface area contributed by atoms with E-state index in [1.165, 1.54) is 24.8 Å². The van der Waals surface area contributed by atoms with Crippen molar-refractivity contribution in [2.75, 3.05) is 26.0 Å². The van der Waals surface area contributed by atoms with Crippen LogP contribution in [0.3, 0.4) is 0 Å². The number of rotatable bonds is 8. The lowest BCUT2D eigenvalue weighted by atomic mass is 9.93. The van der Waals surface area contributed by atoms with Crippen LogP contribution in [0.4, 0.5) is 5.95 Å². The fraction of sp³-hybridized carbons (Fsp3) is 0.367. The van der Waals surface area contributed by atoms with Crippen molar-refractivity contribution in [3.63, 3.8) is 0 Å². The van der Waals surface area contributed by atoms with Crippen LogP contribution in [0, 0.1) is 0 Å². The molecule has 206 valence electrons. The number of carbonyl (C=O) groups is 1. The Kier molecular flexibility index (Phi) is 9.73. The van der Waals surface area contributed by atoms with Gasteiger partial charge < -0.3 is 25.8 Å². The Hall–Kier alpha value is -3.69. The van der Waals surface area contributed by atoms with E-state index in [9.17, 15) is 9.90 Å². The van der Waals surface area contributed by atoms with E-state index < -0.39 is 0 Å². The lowest BCUT2D eigenvalue weighted by Gasteiger charge is -2.34. The van der Waals surface area contributed by atoms with Crippen LogP contribution in [0.15, 0.2) is 54.9 Å². The van der Waals surface area contributed by atoms with Gasteiger partial charge in [0.2, 0.25) is 5.95 Å². The zero-order valence-electron chi connectivity index (χ0n) is 22.8. The maximum Gasteiger partial charge on any atom is 0.268 e. The number of aromatic hydroxyl groups is 1. The zero-order valence-corrected chi connectivity index (χ0v) is 23.6. The van der Waals surface area contributed by atoms with Crippen molar-refractivity contribution in [1.29, 1.82) is 0 Å². The highest BCUT2D eigenvalue weighted by Gasteiger charge is 2.30. The van der Waals surface area contributed by atoms with Crippen molar-refractivity contribution in [1.82, 2.24) is 14.9 Å². The number of anilines is 1. The van der Waals surface area contributed by atoms with E-state index in [2.05, 4.69) is 27.1 Å². The van der Waals surface area contributed by atoms with Crippen LogP contribution in [-0.2, 0) is 6.54 Å². The zero-order chi connectivity index (χ0) is 27.8. The van der Waals surface area contributed by atoms with Crippen molar-refractivity contribution in [2.45, 2.75) is 51.6 Å². The maximum absolute atomic E-state index is 14.0. The molecule has 4 N–H and O–H groups in total. The molecule has 9 heteroatoms. The number of hydrogen-bond donors (Lipinski definition) is 3. The van der Waals surface area contributed by atoms with E-state index in [1.54, 1.807) is 19.4 Å². The summed E-state index contributed by atoms with van der Waals surface area (Å²) in [4.78, 5) is 25.1. The summed E-state index contributed by atoms with van der Waals surface area (Å²) in [5.41, 5.74) is 7.28. The Bertz CT molecular complexity index is 1380. The smallest absolute Gasteiger partial charge is 0.268 e. The molecule has 1 fully saturated rings. The molecule has 1 amide bonds. The molecule has 2 aromatic heterocycles. The molecule has 1 aliphatic carbocycles. The highest BCUT2D eigenvalue weighted by molar-refractivity contribution is 7.21. The van der Waals surface area contributed by atoms with E-state index in [-0.39, 0.29) is 17.7 Å². The molecule has 4 aromatic rings. The van der Waals surface area contributed by atoms with Gasteiger partial charge in [0.1, 0.15) is 16.4 Å². The number of nitrogens with zero attached hydrogens (tertiary/aromatic N) is 3. The highest BCUT2D eigenvalue weighted by atomic mass is 32.1. The molecule has 0 radical (unpaired) electrons. The average molecular weight is 548 g/mol. The van der Waals surface area contributed by atoms with Gasteiger partial charge in [-0.1, -0.05) is 37.5 Å². The number of nitrogens with two attached hydrogens (primary N) is 1. The Balaban J connectivity index is 0.00000172. The molecule has 0 unspecified atom stereocenters. The minimum absolute atomic E-state index is 0.0759. The minimum atomic E-state index is -0.125. The van der Waals surface area contributed by atoms with Crippen molar-refractivity contribution < 1.29 is 14.6 Å². The molecule has 1 saturated carbocycles. The van der Waals surface area contributed by atoms with Crippen LogP contribution in [0.25, 0.3) is 21.2 Å². The van der Waals surface area contributed by atoms with Crippen LogP contribution >= 0.6 is 11.3 Å². The molecule has 0 bridgehead atoms. The van der Waals surface area contributed by atoms with Gasteiger partial charge in [0.05, 0.1) is 6.61 Å². The average Bonchev–Trinajstić information content (AvgIpc) is 3.34. The first-order chi connectivity index (χ1) is 19.1. The number of aromatic nitrogens is 2. The van der Waals surface area contributed by atoms with Gasteiger partial charge in [0.25, 0.3) is 5.91 Å². The molecular formula is C30H37N5O3S. The second kappa shape index (κ2) is 13.4. The number of nitrogens with one attached hydrogen (secondary N) is 1. The molecule has 2 aromatic carbocycles. The minimum Gasteiger partial charge on any atom is -0.506 e. The summed E-state index contributed by atoms with van der Waals surface area (Å²) in [6.45, 7) is 2.89. The third-order valence-corrected chi connectivity index (χ3v) is 8.10. The second-order valence-corrected chi connectivity index (χ2v) is 10.4. The quantitative estimate of drug-likeness (QED) is 0.246. The summed E-state index contributed by atoms with van der Waals surface area (Å²) >= 11 is 1.36. The second-order valence-electron chi connectivity index (χ2n) is 9.30. The van der Waals surface area contributed by atoms with E-state index in [0.29, 0.717) is 24.0 Å². The van der Waals surface area contributed by atoms with Crippen molar-refractivity contribution >= 4 is 33.3 Å². The van der Waals surface area contributed by atoms with E-state index in [1.807, 2.05) is 48.2 Å². The normalized spacial score (nSPS) is 13.4. The molecule has 0 spiro atoms. The third-order valence-electron chi connectivity index (χ3n) is 6.95. The summed E-state index contributed by atoms with van der Waals surface area (Å²) in [6.07, 6.45) is 8.88. The predicted molar refractivity (Wildman–Crippen MR) is 159 cm³/mol. The number of fused-ring (bicyclic) bond motifs is 1. The summed E-state index contributed by atoms with van der Waals surface area (Å²) < 4.78 is 6.89. The third kappa shape index (κ3) is 6.32. The first kappa shape index (κ1) is 28.3.